The first-order valence-corrected chi connectivity index (χ1v) is 5.89. The topological polar surface area (TPSA) is 33.0 Å². The molecule has 0 saturated carbocycles. The van der Waals surface area contributed by atoms with Gasteiger partial charge in [0.2, 0.25) is 0 Å². The largest absolute Gasteiger partial charge is 0.497 e. The zero-order valence-electron chi connectivity index (χ0n) is 10.6. The van der Waals surface area contributed by atoms with Gasteiger partial charge in [-0.1, -0.05) is 12.7 Å². The highest BCUT2D eigenvalue weighted by atomic mass is 16.5. The summed E-state index contributed by atoms with van der Waals surface area (Å²) in [5.41, 5.74) is 3.50. The third kappa shape index (κ3) is 3.64. The fourth-order valence-electron chi connectivity index (χ4n) is 1.92. The molecule has 0 radical (unpaired) electrons. The van der Waals surface area contributed by atoms with Crippen LogP contribution in [0.25, 0.3) is 0 Å². The Labute approximate surface area is 104 Å². The van der Waals surface area contributed by atoms with E-state index >= 15 is 0 Å². The SMILES string of the molecule is C=C1CCC=C(CCC#N)/C1=C/C(=C\C)OC. The number of ether oxygens (including phenoxy) is 1. The van der Waals surface area contributed by atoms with Crippen molar-refractivity contribution in [3.05, 3.63) is 47.3 Å². The van der Waals surface area contributed by atoms with E-state index < -0.39 is 0 Å². The predicted molar refractivity (Wildman–Crippen MR) is 70.2 cm³/mol. The molecule has 2 nitrogen and oxygen atoms in total. The summed E-state index contributed by atoms with van der Waals surface area (Å²) in [6.07, 6.45) is 9.51. The van der Waals surface area contributed by atoms with Gasteiger partial charge in [0.15, 0.2) is 0 Å². The average Bonchev–Trinajstić information content (AvgIpc) is 2.35. The van der Waals surface area contributed by atoms with E-state index in [-0.39, 0.29) is 0 Å². The molecule has 0 spiro atoms. The van der Waals surface area contributed by atoms with Crippen LogP contribution in [0.5, 0.6) is 0 Å². The zero-order valence-corrected chi connectivity index (χ0v) is 10.6. The molecule has 0 amide bonds. The molecule has 17 heavy (non-hydrogen) atoms. The standard InChI is InChI=1S/C15H19NO/c1-4-14(17-3)11-15-12(2)7-5-8-13(15)9-6-10-16/h4,8,11H,2,5-7,9H2,1,3H3/b14-4+,15-11+. The van der Waals surface area contributed by atoms with Gasteiger partial charge in [0.05, 0.1) is 13.2 Å². The monoisotopic (exact) mass is 229 g/mol. The van der Waals surface area contributed by atoms with Crippen LogP contribution in [0, 0.1) is 11.3 Å². The van der Waals surface area contributed by atoms with E-state index in [4.69, 9.17) is 10.00 Å². The average molecular weight is 229 g/mol. The fraction of sp³-hybridized carbons (Fsp3) is 0.400. The smallest absolute Gasteiger partial charge is 0.115 e. The fourth-order valence-corrected chi connectivity index (χ4v) is 1.92. The van der Waals surface area contributed by atoms with Gasteiger partial charge in [-0.15, -0.1) is 0 Å². The maximum absolute atomic E-state index is 8.67. The second-order valence-electron chi connectivity index (χ2n) is 3.98. The summed E-state index contributed by atoms with van der Waals surface area (Å²) in [6.45, 7) is 6.05. The van der Waals surface area contributed by atoms with Gasteiger partial charge in [-0.05, 0) is 55.1 Å². The molecule has 90 valence electrons. The summed E-state index contributed by atoms with van der Waals surface area (Å²) < 4.78 is 5.25. The van der Waals surface area contributed by atoms with Gasteiger partial charge >= 0.3 is 0 Å². The molecule has 0 unspecified atom stereocenters. The molecule has 2 heteroatoms. The molecule has 1 aliphatic carbocycles. The minimum absolute atomic E-state index is 0.550. The first kappa shape index (κ1) is 13.3. The minimum atomic E-state index is 0.550. The second-order valence-corrected chi connectivity index (χ2v) is 3.98. The van der Waals surface area contributed by atoms with Crippen molar-refractivity contribution in [3.8, 4) is 6.07 Å². The summed E-state index contributed by atoms with van der Waals surface area (Å²) in [4.78, 5) is 0. The summed E-state index contributed by atoms with van der Waals surface area (Å²) >= 11 is 0. The van der Waals surface area contributed by atoms with Gasteiger partial charge in [0.25, 0.3) is 0 Å². The molecular formula is C15H19NO. The van der Waals surface area contributed by atoms with Gasteiger partial charge < -0.3 is 4.74 Å². The number of nitrogens with zero attached hydrogens (tertiary/aromatic N) is 1. The lowest BCUT2D eigenvalue weighted by Crippen LogP contribution is -2.01. The van der Waals surface area contributed by atoms with Crippen molar-refractivity contribution < 1.29 is 4.74 Å². The Balaban J connectivity index is 2.98. The lowest BCUT2D eigenvalue weighted by molar-refractivity contribution is 0.306. The molecular weight excluding hydrogens is 210 g/mol. The zero-order chi connectivity index (χ0) is 12.7. The highest BCUT2D eigenvalue weighted by molar-refractivity contribution is 5.50. The summed E-state index contributed by atoms with van der Waals surface area (Å²) in [7, 11) is 1.66. The van der Waals surface area contributed by atoms with E-state index in [1.54, 1.807) is 7.11 Å². The van der Waals surface area contributed by atoms with Crippen LogP contribution < -0.4 is 0 Å². The Morgan fingerprint density at radius 1 is 1.65 bits per heavy atom. The molecule has 0 saturated heterocycles. The number of nitriles is 1. The van der Waals surface area contributed by atoms with Crippen molar-refractivity contribution in [1.82, 2.24) is 0 Å². The molecule has 0 atom stereocenters. The van der Waals surface area contributed by atoms with Crippen LogP contribution in [0.1, 0.15) is 32.6 Å². The Morgan fingerprint density at radius 3 is 3.00 bits per heavy atom. The highest BCUT2D eigenvalue weighted by Gasteiger charge is 2.14. The second kappa shape index (κ2) is 6.75. The Morgan fingerprint density at radius 2 is 2.41 bits per heavy atom. The van der Waals surface area contributed by atoms with Crippen LogP contribution in [0.3, 0.4) is 0 Å². The lowest BCUT2D eigenvalue weighted by Gasteiger charge is -2.19. The van der Waals surface area contributed by atoms with E-state index in [1.165, 1.54) is 5.57 Å². The van der Waals surface area contributed by atoms with E-state index in [0.29, 0.717) is 6.42 Å². The van der Waals surface area contributed by atoms with E-state index in [0.717, 1.165) is 36.2 Å². The molecule has 1 aliphatic rings. The van der Waals surface area contributed by atoms with Crippen LogP contribution in [0.15, 0.2) is 47.3 Å². The van der Waals surface area contributed by atoms with Crippen molar-refractivity contribution in [2.75, 3.05) is 7.11 Å². The third-order valence-corrected chi connectivity index (χ3v) is 2.88. The Kier molecular flexibility index (Phi) is 5.29. The lowest BCUT2D eigenvalue weighted by atomic mass is 9.87. The van der Waals surface area contributed by atoms with Crippen molar-refractivity contribution in [1.29, 1.82) is 5.26 Å². The van der Waals surface area contributed by atoms with Gasteiger partial charge in [-0.25, -0.2) is 0 Å². The summed E-state index contributed by atoms with van der Waals surface area (Å²) in [5.74, 6) is 0.839. The van der Waals surface area contributed by atoms with Gasteiger partial charge in [0, 0.05) is 6.42 Å². The maximum Gasteiger partial charge on any atom is 0.115 e. The van der Waals surface area contributed by atoms with Crippen molar-refractivity contribution >= 4 is 0 Å². The van der Waals surface area contributed by atoms with E-state index in [9.17, 15) is 0 Å². The number of hydrogen-bond donors (Lipinski definition) is 0. The maximum atomic E-state index is 8.67. The van der Waals surface area contributed by atoms with Crippen LogP contribution in [-0.2, 0) is 4.74 Å². The molecule has 0 heterocycles. The van der Waals surface area contributed by atoms with Gasteiger partial charge in [-0.2, -0.15) is 5.26 Å². The summed E-state index contributed by atoms with van der Waals surface area (Å²) in [6, 6.07) is 2.19. The number of hydrogen-bond acceptors (Lipinski definition) is 2. The van der Waals surface area contributed by atoms with E-state index in [2.05, 4.69) is 18.7 Å². The molecule has 0 bridgehead atoms. The molecule has 1 rings (SSSR count). The van der Waals surface area contributed by atoms with E-state index in [1.807, 2.05) is 19.1 Å². The van der Waals surface area contributed by atoms with Crippen LogP contribution in [0.4, 0.5) is 0 Å². The first-order valence-electron chi connectivity index (χ1n) is 5.89. The normalized spacial score (nSPS) is 18.9. The minimum Gasteiger partial charge on any atom is -0.497 e. The van der Waals surface area contributed by atoms with Crippen LogP contribution in [0.2, 0.25) is 0 Å². The van der Waals surface area contributed by atoms with Crippen molar-refractivity contribution in [2.45, 2.75) is 32.6 Å². The first-order chi connectivity index (χ1) is 8.22. The molecule has 0 aromatic rings. The number of allylic oxidation sites excluding steroid dienone is 6. The predicted octanol–water partition coefficient (Wildman–Crippen LogP) is 4.04. The number of methoxy groups -OCH3 is 1. The number of rotatable bonds is 4. The van der Waals surface area contributed by atoms with Crippen molar-refractivity contribution in [3.63, 3.8) is 0 Å². The Hall–Kier alpha value is -1.75. The third-order valence-electron chi connectivity index (χ3n) is 2.88. The highest BCUT2D eigenvalue weighted by Crippen LogP contribution is 2.31. The van der Waals surface area contributed by atoms with Gasteiger partial charge in [-0.3, -0.25) is 0 Å². The molecule has 0 aromatic carbocycles. The molecule has 0 aromatic heterocycles. The van der Waals surface area contributed by atoms with Crippen LogP contribution in [-0.4, -0.2) is 7.11 Å². The molecule has 0 N–H and O–H groups in total. The van der Waals surface area contributed by atoms with Gasteiger partial charge in [0.1, 0.15) is 5.76 Å². The summed E-state index contributed by atoms with van der Waals surface area (Å²) in [5, 5.41) is 8.67. The quantitative estimate of drug-likeness (QED) is 0.681. The van der Waals surface area contributed by atoms with Crippen molar-refractivity contribution in [2.24, 2.45) is 0 Å². The van der Waals surface area contributed by atoms with Crippen LogP contribution >= 0.6 is 0 Å². The Bertz CT molecular complexity index is 419. The molecule has 0 aliphatic heterocycles. The molecule has 0 fully saturated rings.